The van der Waals surface area contributed by atoms with Crippen LogP contribution in [0.5, 0.6) is 0 Å². The van der Waals surface area contributed by atoms with Crippen LogP contribution in [0, 0.1) is 0 Å². The van der Waals surface area contributed by atoms with E-state index in [-0.39, 0.29) is 13.0 Å². The lowest BCUT2D eigenvalue weighted by molar-refractivity contribution is -0.164. The zero-order valence-corrected chi connectivity index (χ0v) is 10.5. The van der Waals surface area contributed by atoms with E-state index in [1.54, 1.807) is 6.92 Å². The van der Waals surface area contributed by atoms with Crippen molar-refractivity contribution in [3.63, 3.8) is 0 Å². The quantitative estimate of drug-likeness (QED) is 0.714. The number of rotatable bonds is 6. The van der Waals surface area contributed by atoms with Crippen molar-refractivity contribution in [2.75, 3.05) is 5.73 Å². The fourth-order valence-electron chi connectivity index (χ4n) is 1.50. The molecule has 1 heterocycles. The summed E-state index contributed by atoms with van der Waals surface area (Å²) in [6.07, 6.45) is 0.920. The van der Waals surface area contributed by atoms with E-state index in [1.807, 2.05) is 0 Å². The maximum Gasteiger partial charge on any atom is 0.345 e. The normalized spacial score (nSPS) is 11.8. The average Bonchev–Trinajstić information content (AvgIpc) is 2.33. The van der Waals surface area contributed by atoms with Crippen LogP contribution in [0.4, 0.5) is 5.69 Å². The Labute approximate surface area is 109 Å². The number of aliphatic carboxylic acids is 1. The number of nitrogen functional groups attached to an aromatic ring is 1. The first-order chi connectivity index (χ1) is 8.93. The van der Waals surface area contributed by atoms with Crippen molar-refractivity contribution in [2.24, 2.45) is 0 Å². The largest absolute Gasteiger partial charge is 0.479 e. The molecule has 1 aromatic rings. The second-order valence-electron chi connectivity index (χ2n) is 4.03. The molecule has 0 aliphatic carbocycles. The number of aromatic nitrogens is 1. The minimum Gasteiger partial charge on any atom is -0.479 e. The molecule has 7 nitrogen and oxygen atoms in total. The van der Waals surface area contributed by atoms with E-state index in [0.29, 0.717) is 12.1 Å². The van der Waals surface area contributed by atoms with E-state index in [2.05, 4.69) is 0 Å². The first-order valence-corrected chi connectivity index (χ1v) is 5.82. The molecule has 0 aromatic carbocycles. The number of carboxylic acids is 1. The summed E-state index contributed by atoms with van der Waals surface area (Å²) < 4.78 is 5.88. The number of pyridine rings is 1. The van der Waals surface area contributed by atoms with Crippen molar-refractivity contribution in [1.82, 2.24) is 4.57 Å². The van der Waals surface area contributed by atoms with Crippen LogP contribution in [0.1, 0.15) is 19.8 Å². The summed E-state index contributed by atoms with van der Waals surface area (Å²) in [6.45, 7) is 1.42. The number of esters is 1. The Morgan fingerprint density at radius 3 is 2.74 bits per heavy atom. The second-order valence-corrected chi connectivity index (χ2v) is 4.03. The third kappa shape index (κ3) is 4.46. The topological polar surface area (TPSA) is 112 Å². The highest BCUT2D eigenvalue weighted by molar-refractivity contribution is 5.77. The van der Waals surface area contributed by atoms with Gasteiger partial charge in [-0.2, -0.15) is 0 Å². The lowest BCUT2D eigenvalue weighted by Crippen LogP contribution is -2.31. The number of nitrogens with zero attached hydrogens (tertiary/aromatic N) is 1. The highest BCUT2D eigenvalue weighted by atomic mass is 16.6. The molecule has 1 atom stereocenters. The van der Waals surface area contributed by atoms with Gasteiger partial charge in [0.1, 0.15) is 6.54 Å². The summed E-state index contributed by atoms with van der Waals surface area (Å²) >= 11 is 0. The molecule has 19 heavy (non-hydrogen) atoms. The van der Waals surface area contributed by atoms with Crippen LogP contribution in [-0.2, 0) is 20.9 Å². The van der Waals surface area contributed by atoms with Gasteiger partial charge in [0.05, 0.1) is 0 Å². The smallest absolute Gasteiger partial charge is 0.345 e. The van der Waals surface area contributed by atoms with Gasteiger partial charge in [-0.05, 0) is 12.5 Å². The number of anilines is 1. The van der Waals surface area contributed by atoms with Crippen LogP contribution >= 0.6 is 0 Å². The Morgan fingerprint density at radius 2 is 2.16 bits per heavy atom. The van der Waals surface area contributed by atoms with Gasteiger partial charge in [0, 0.05) is 18.0 Å². The fraction of sp³-hybridized carbons (Fsp3) is 0.417. The molecule has 0 saturated carbocycles. The van der Waals surface area contributed by atoms with E-state index in [1.165, 1.54) is 18.3 Å². The van der Waals surface area contributed by atoms with Crippen molar-refractivity contribution in [3.05, 3.63) is 28.7 Å². The van der Waals surface area contributed by atoms with Crippen molar-refractivity contribution in [2.45, 2.75) is 32.4 Å². The second kappa shape index (κ2) is 6.58. The van der Waals surface area contributed by atoms with Gasteiger partial charge in [0.2, 0.25) is 0 Å². The molecule has 104 valence electrons. The molecule has 0 aliphatic heterocycles. The Morgan fingerprint density at radius 1 is 1.47 bits per heavy atom. The van der Waals surface area contributed by atoms with Gasteiger partial charge in [0.25, 0.3) is 5.56 Å². The molecular formula is C12H16N2O5. The molecule has 1 rings (SSSR count). The van der Waals surface area contributed by atoms with Crippen LogP contribution in [0.25, 0.3) is 0 Å². The van der Waals surface area contributed by atoms with Gasteiger partial charge < -0.3 is 20.1 Å². The summed E-state index contributed by atoms with van der Waals surface area (Å²) in [4.78, 5) is 33.8. The van der Waals surface area contributed by atoms with E-state index in [4.69, 9.17) is 15.6 Å². The summed E-state index contributed by atoms with van der Waals surface area (Å²) in [6, 6.07) is 2.64. The monoisotopic (exact) mass is 268 g/mol. The molecule has 0 aliphatic rings. The number of ether oxygens (including phenoxy) is 1. The van der Waals surface area contributed by atoms with Gasteiger partial charge in [0.15, 0.2) is 6.10 Å². The molecule has 0 bridgehead atoms. The standard InChI is InChI=1S/C12H16N2O5/c1-2-3-9(12(17)18)19-11(16)7-14-6-8(13)4-5-10(14)15/h4-6,9H,2-3,7,13H2,1H3,(H,17,18). The lowest BCUT2D eigenvalue weighted by Gasteiger charge is -2.13. The summed E-state index contributed by atoms with van der Waals surface area (Å²) in [5.74, 6) is -1.98. The van der Waals surface area contributed by atoms with Gasteiger partial charge in [-0.3, -0.25) is 9.59 Å². The Balaban J connectivity index is 2.71. The van der Waals surface area contributed by atoms with Gasteiger partial charge in [-0.1, -0.05) is 13.3 Å². The van der Waals surface area contributed by atoms with Crippen molar-refractivity contribution >= 4 is 17.6 Å². The van der Waals surface area contributed by atoms with Crippen molar-refractivity contribution < 1.29 is 19.4 Å². The van der Waals surface area contributed by atoms with Crippen LogP contribution in [0.3, 0.4) is 0 Å². The first-order valence-electron chi connectivity index (χ1n) is 5.82. The van der Waals surface area contributed by atoms with E-state index >= 15 is 0 Å². The molecule has 1 unspecified atom stereocenters. The highest BCUT2D eigenvalue weighted by Gasteiger charge is 2.21. The molecule has 0 saturated heterocycles. The SMILES string of the molecule is CCCC(OC(=O)Cn1cc(N)ccc1=O)C(=O)O. The van der Waals surface area contributed by atoms with Gasteiger partial charge in [-0.15, -0.1) is 0 Å². The van der Waals surface area contributed by atoms with Gasteiger partial charge in [-0.25, -0.2) is 4.79 Å². The number of hydrogen-bond acceptors (Lipinski definition) is 5. The van der Waals surface area contributed by atoms with E-state index in [0.717, 1.165) is 4.57 Å². The number of carbonyl (C=O) groups is 2. The summed E-state index contributed by atoms with van der Waals surface area (Å²) in [5, 5.41) is 8.85. The summed E-state index contributed by atoms with van der Waals surface area (Å²) in [5.41, 5.74) is 5.42. The molecule has 1 aromatic heterocycles. The molecule has 0 amide bonds. The zero-order valence-electron chi connectivity index (χ0n) is 10.5. The van der Waals surface area contributed by atoms with Crippen LogP contribution in [0.2, 0.25) is 0 Å². The minimum atomic E-state index is -1.20. The number of carboxylic acid groups (broad SMARTS) is 1. The Bertz CT molecular complexity index is 523. The van der Waals surface area contributed by atoms with E-state index < -0.39 is 23.6 Å². The number of hydrogen-bond donors (Lipinski definition) is 2. The molecule has 3 N–H and O–H groups in total. The van der Waals surface area contributed by atoms with E-state index in [9.17, 15) is 14.4 Å². The van der Waals surface area contributed by atoms with Crippen LogP contribution in [-0.4, -0.2) is 27.7 Å². The average molecular weight is 268 g/mol. The van der Waals surface area contributed by atoms with Crippen molar-refractivity contribution in [3.8, 4) is 0 Å². The maximum absolute atomic E-state index is 11.6. The number of carbonyl (C=O) groups excluding carboxylic acids is 1. The first kappa shape index (κ1) is 14.7. The molecule has 0 spiro atoms. The molecular weight excluding hydrogens is 252 g/mol. The predicted molar refractivity (Wildman–Crippen MR) is 67.5 cm³/mol. The minimum absolute atomic E-state index is 0.229. The number of nitrogens with two attached hydrogens (primary N) is 1. The molecule has 7 heteroatoms. The predicted octanol–water partition coefficient (Wildman–Crippen LogP) is 0.227. The van der Waals surface area contributed by atoms with Crippen molar-refractivity contribution in [1.29, 1.82) is 0 Å². The van der Waals surface area contributed by atoms with Crippen LogP contribution in [0.15, 0.2) is 23.1 Å². The zero-order chi connectivity index (χ0) is 14.4. The van der Waals surface area contributed by atoms with Crippen LogP contribution < -0.4 is 11.3 Å². The third-order valence-electron chi connectivity index (χ3n) is 2.41. The summed E-state index contributed by atoms with van der Waals surface area (Å²) in [7, 11) is 0. The Kier molecular flexibility index (Phi) is 5.11. The third-order valence-corrected chi connectivity index (χ3v) is 2.41. The lowest BCUT2D eigenvalue weighted by atomic mass is 10.2. The molecule has 0 radical (unpaired) electrons. The fourth-order valence-corrected chi connectivity index (χ4v) is 1.50. The molecule has 0 fully saturated rings. The highest BCUT2D eigenvalue weighted by Crippen LogP contribution is 2.04. The van der Waals surface area contributed by atoms with Gasteiger partial charge >= 0.3 is 11.9 Å². The maximum atomic E-state index is 11.6. The Hall–Kier alpha value is -2.31.